The van der Waals surface area contributed by atoms with Gasteiger partial charge in [0.05, 0.1) is 0 Å². The van der Waals surface area contributed by atoms with Crippen LogP contribution in [0.4, 0.5) is 4.39 Å². The molecule has 17 heavy (non-hydrogen) atoms. The number of benzene rings is 1. The molecule has 1 rings (SSSR count). The molecule has 0 fully saturated rings. The molecular weight excluding hydrogens is 237 g/mol. The molecule has 1 aromatic rings. The van der Waals surface area contributed by atoms with Crippen LogP contribution in [0.15, 0.2) is 23.1 Å². The third-order valence-electron chi connectivity index (χ3n) is 2.77. The molecule has 0 aliphatic carbocycles. The van der Waals surface area contributed by atoms with E-state index < -0.39 is 5.82 Å². The van der Waals surface area contributed by atoms with E-state index in [-0.39, 0.29) is 16.8 Å². The quantitative estimate of drug-likeness (QED) is 0.794. The van der Waals surface area contributed by atoms with Crippen LogP contribution in [0.1, 0.15) is 37.6 Å². The van der Waals surface area contributed by atoms with Crippen LogP contribution in [-0.2, 0) is 0 Å². The molecule has 0 aromatic heterocycles. The van der Waals surface area contributed by atoms with E-state index in [0.717, 1.165) is 6.42 Å². The molecule has 1 unspecified atom stereocenters. The van der Waals surface area contributed by atoms with Crippen molar-refractivity contribution in [3.63, 3.8) is 0 Å². The van der Waals surface area contributed by atoms with E-state index in [2.05, 4.69) is 31.8 Å². The number of hydrogen-bond donors (Lipinski definition) is 2. The molecule has 0 spiro atoms. The van der Waals surface area contributed by atoms with Gasteiger partial charge in [0.1, 0.15) is 5.82 Å². The molecule has 1 atom stereocenters. The Kier molecular flexibility index (Phi) is 5.00. The highest BCUT2D eigenvalue weighted by molar-refractivity contribution is 7.80. The molecule has 0 bridgehead atoms. The summed E-state index contributed by atoms with van der Waals surface area (Å²) in [5.74, 6) is -0.221. The Labute approximate surface area is 107 Å². The highest BCUT2D eigenvalue weighted by Crippen LogP contribution is 2.15. The lowest BCUT2D eigenvalue weighted by Crippen LogP contribution is -2.38. The number of thiol groups is 1. The van der Waals surface area contributed by atoms with E-state index in [1.54, 1.807) is 0 Å². The first-order chi connectivity index (χ1) is 7.95. The van der Waals surface area contributed by atoms with Gasteiger partial charge in [-0.15, -0.1) is 12.6 Å². The maximum absolute atomic E-state index is 13.0. The molecular formula is C13H18FNOS. The van der Waals surface area contributed by atoms with Gasteiger partial charge in [-0.25, -0.2) is 4.39 Å². The first kappa shape index (κ1) is 14.0. The van der Waals surface area contributed by atoms with Crippen molar-refractivity contribution in [2.75, 3.05) is 0 Å². The summed E-state index contributed by atoms with van der Waals surface area (Å²) in [6, 6.07) is 4.31. The number of halogens is 1. The van der Waals surface area contributed by atoms with Gasteiger partial charge in [0, 0.05) is 16.5 Å². The first-order valence-corrected chi connectivity index (χ1v) is 6.19. The Balaban J connectivity index is 2.79. The minimum absolute atomic E-state index is 0.135. The Morgan fingerprint density at radius 2 is 2.12 bits per heavy atom. The van der Waals surface area contributed by atoms with E-state index >= 15 is 0 Å². The van der Waals surface area contributed by atoms with Crippen molar-refractivity contribution < 1.29 is 9.18 Å². The molecule has 1 N–H and O–H groups in total. The third kappa shape index (κ3) is 3.73. The second kappa shape index (κ2) is 6.05. The van der Waals surface area contributed by atoms with Gasteiger partial charge in [-0.1, -0.05) is 20.8 Å². The molecule has 1 aromatic carbocycles. The fourth-order valence-corrected chi connectivity index (χ4v) is 1.86. The fraction of sp³-hybridized carbons (Fsp3) is 0.462. The van der Waals surface area contributed by atoms with E-state index in [1.165, 1.54) is 18.2 Å². The molecule has 1 amide bonds. The molecule has 4 heteroatoms. The van der Waals surface area contributed by atoms with Crippen molar-refractivity contribution in [3.8, 4) is 0 Å². The lowest BCUT2D eigenvalue weighted by atomic mass is 10.0. The summed E-state index contributed by atoms with van der Waals surface area (Å²) in [5, 5.41) is 2.93. The monoisotopic (exact) mass is 255 g/mol. The van der Waals surface area contributed by atoms with Crippen molar-refractivity contribution in [1.29, 1.82) is 0 Å². The van der Waals surface area contributed by atoms with Crippen LogP contribution in [0.25, 0.3) is 0 Å². The van der Waals surface area contributed by atoms with Crippen LogP contribution in [0.3, 0.4) is 0 Å². The van der Waals surface area contributed by atoms with Crippen molar-refractivity contribution in [3.05, 3.63) is 29.6 Å². The van der Waals surface area contributed by atoms with Crippen molar-refractivity contribution >= 4 is 18.5 Å². The van der Waals surface area contributed by atoms with Crippen molar-refractivity contribution in [2.45, 2.75) is 38.1 Å². The largest absolute Gasteiger partial charge is 0.349 e. The standard InChI is InChI=1S/C13H18FNOS/c1-4-11(8(2)3)15-13(16)9-5-6-10(14)12(17)7-9/h5-8,11,17H,4H2,1-3H3,(H,15,16). The first-order valence-electron chi connectivity index (χ1n) is 5.75. The van der Waals surface area contributed by atoms with Gasteiger partial charge >= 0.3 is 0 Å². The van der Waals surface area contributed by atoms with E-state index in [0.29, 0.717) is 11.5 Å². The van der Waals surface area contributed by atoms with Crippen LogP contribution in [0, 0.1) is 11.7 Å². The average molecular weight is 255 g/mol. The van der Waals surface area contributed by atoms with E-state index in [4.69, 9.17) is 0 Å². The number of carbonyl (C=O) groups excluding carboxylic acids is 1. The maximum Gasteiger partial charge on any atom is 0.251 e. The molecule has 0 radical (unpaired) electrons. The summed E-state index contributed by atoms with van der Waals surface area (Å²) in [6.45, 7) is 6.14. The van der Waals surface area contributed by atoms with Gasteiger partial charge in [0.25, 0.3) is 5.91 Å². The lowest BCUT2D eigenvalue weighted by Gasteiger charge is -2.20. The smallest absolute Gasteiger partial charge is 0.251 e. The molecule has 0 aliphatic heterocycles. The van der Waals surface area contributed by atoms with Crippen molar-refractivity contribution in [1.82, 2.24) is 5.32 Å². The van der Waals surface area contributed by atoms with Gasteiger partial charge in [-0.3, -0.25) is 4.79 Å². The number of hydrogen-bond acceptors (Lipinski definition) is 2. The molecule has 2 nitrogen and oxygen atoms in total. The van der Waals surface area contributed by atoms with Gasteiger partial charge < -0.3 is 5.32 Å². The van der Waals surface area contributed by atoms with Crippen LogP contribution < -0.4 is 5.32 Å². The summed E-state index contributed by atoms with van der Waals surface area (Å²) < 4.78 is 13.0. The van der Waals surface area contributed by atoms with Crippen molar-refractivity contribution in [2.24, 2.45) is 5.92 Å². The highest BCUT2D eigenvalue weighted by atomic mass is 32.1. The Morgan fingerprint density at radius 1 is 1.47 bits per heavy atom. The number of carbonyl (C=O) groups is 1. The average Bonchev–Trinajstić information content (AvgIpc) is 2.28. The SMILES string of the molecule is CCC(NC(=O)c1ccc(F)c(S)c1)C(C)C. The molecule has 0 saturated carbocycles. The zero-order valence-corrected chi connectivity index (χ0v) is 11.2. The highest BCUT2D eigenvalue weighted by Gasteiger charge is 2.15. The van der Waals surface area contributed by atoms with Crippen LogP contribution >= 0.6 is 12.6 Å². The van der Waals surface area contributed by atoms with Gasteiger partial charge in [0.2, 0.25) is 0 Å². The zero-order valence-electron chi connectivity index (χ0n) is 10.3. The molecule has 0 aliphatic rings. The Morgan fingerprint density at radius 3 is 2.59 bits per heavy atom. The van der Waals surface area contributed by atoms with Crippen LogP contribution in [0.2, 0.25) is 0 Å². The van der Waals surface area contributed by atoms with E-state index in [9.17, 15) is 9.18 Å². The fourth-order valence-electron chi connectivity index (χ4n) is 1.65. The normalized spacial score (nSPS) is 12.6. The van der Waals surface area contributed by atoms with E-state index in [1.807, 2.05) is 6.92 Å². The Bertz CT molecular complexity index is 406. The molecule has 0 heterocycles. The minimum Gasteiger partial charge on any atom is -0.349 e. The molecule has 0 saturated heterocycles. The lowest BCUT2D eigenvalue weighted by molar-refractivity contribution is 0.0924. The number of rotatable bonds is 4. The maximum atomic E-state index is 13.0. The molecule has 94 valence electrons. The van der Waals surface area contributed by atoms with Gasteiger partial charge in [-0.05, 0) is 30.5 Å². The van der Waals surface area contributed by atoms with Gasteiger partial charge in [0.15, 0.2) is 0 Å². The Hall–Kier alpha value is -1.03. The minimum atomic E-state index is -0.416. The summed E-state index contributed by atoms with van der Waals surface area (Å²) in [6.07, 6.45) is 0.873. The van der Waals surface area contributed by atoms with Crippen LogP contribution in [-0.4, -0.2) is 11.9 Å². The number of nitrogens with one attached hydrogen (secondary N) is 1. The summed E-state index contributed by atoms with van der Waals surface area (Å²) in [7, 11) is 0. The van der Waals surface area contributed by atoms with Gasteiger partial charge in [-0.2, -0.15) is 0 Å². The second-order valence-corrected chi connectivity index (χ2v) is 4.88. The predicted molar refractivity (Wildman–Crippen MR) is 70.0 cm³/mol. The zero-order chi connectivity index (χ0) is 13.0. The topological polar surface area (TPSA) is 29.1 Å². The summed E-state index contributed by atoms with van der Waals surface area (Å²) >= 11 is 3.96. The summed E-state index contributed by atoms with van der Waals surface area (Å²) in [4.78, 5) is 12.1. The number of amides is 1. The third-order valence-corrected chi connectivity index (χ3v) is 3.11. The second-order valence-electron chi connectivity index (χ2n) is 4.40. The van der Waals surface area contributed by atoms with Crippen LogP contribution in [0.5, 0.6) is 0 Å². The predicted octanol–water partition coefficient (Wildman–Crippen LogP) is 3.28. The summed E-state index contributed by atoms with van der Waals surface area (Å²) in [5.41, 5.74) is 0.440.